The van der Waals surface area contributed by atoms with Gasteiger partial charge in [-0.05, 0) is 72.6 Å². The third-order valence-corrected chi connectivity index (χ3v) is 9.94. The molecule has 0 fully saturated rings. The maximum absolute atomic E-state index is 12.0. The van der Waals surface area contributed by atoms with Gasteiger partial charge in [-0.2, -0.15) is 5.70 Å². The van der Waals surface area contributed by atoms with Crippen LogP contribution in [0.4, 0.5) is 0 Å². The molecule has 0 atom stereocenters. The Morgan fingerprint density at radius 2 is 1.62 bits per heavy atom. The summed E-state index contributed by atoms with van der Waals surface area (Å²) in [5.74, 6) is 0.854. The third kappa shape index (κ3) is 7.47. The third-order valence-electron chi connectivity index (χ3n) is 9.94. The van der Waals surface area contributed by atoms with Crippen LogP contribution in [-0.4, -0.2) is 17.8 Å². The molecular weight excluding hydrogens is 733 g/mol. The number of aromatic nitrogens is 1. The molecule has 1 aliphatic carbocycles. The van der Waals surface area contributed by atoms with Crippen LogP contribution in [0.3, 0.4) is 0 Å². The molecule has 245 valence electrons. The van der Waals surface area contributed by atoms with Gasteiger partial charge in [-0.15, -0.1) is 42.9 Å². The predicted molar refractivity (Wildman–Crippen MR) is 186 cm³/mol. The fourth-order valence-corrected chi connectivity index (χ4v) is 6.92. The Labute approximate surface area is 285 Å². The van der Waals surface area contributed by atoms with Crippen LogP contribution in [0.15, 0.2) is 58.8 Å². The van der Waals surface area contributed by atoms with Crippen molar-refractivity contribution in [2.45, 2.75) is 112 Å². The number of hydrogen-bond donors (Lipinski definition) is 0. The number of allylic oxidation sites excluding steroid dienone is 2. The number of ketones is 1. The standard InChI is InChI=1S/C26H26NO.C14H27NO.Ir/c1-16-15-19-21(26(4,5)13-12-25(19,2)3)24-20(16)18-11-14-27-22(23(18)28-24)17-9-7-6-8-10-17;1-6-11(7-2)13(15-5)10-14(16)12(8-3)9-4;/h6-9,11,14-15H,12-13H2,1-5H3;10-12H,6-9H2,1-5H3,(H,15,16);/q-1;;/p-1. The van der Waals surface area contributed by atoms with Gasteiger partial charge in [0, 0.05) is 54.2 Å². The summed E-state index contributed by atoms with van der Waals surface area (Å²) >= 11 is 0. The average Bonchev–Trinajstić information content (AvgIpc) is 3.41. The van der Waals surface area contributed by atoms with Crippen LogP contribution in [-0.2, 0) is 35.7 Å². The van der Waals surface area contributed by atoms with E-state index >= 15 is 0 Å². The molecule has 2 aromatic carbocycles. The van der Waals surface area contributed by atoms with Crippen LogP contribution in [0.2, 0.25) is 0 Å². The van der Waals surface area contributed by atoms with E-state index in [9.17, 15) is 4.79 Å². The molecule has 2 heterocycles. The molecule has 0 saturated carbocycles. The van der Waals surface area contributed by atoms with E-state index in [1.54, 1.807) is 13.1 Å². The smallest absolute Gasteiger partial charge is 0.157 e. The molecule has 0 saturated heterocycles. The van der Waals surface area contributed by atoms with E-state index < -0.39 is 0 Å². The van der Waals surface area contributed by atoms with Crippen molar-refractivity contribution in [1.29, 1.82) is 0 Å². The van der Waals surface area contributed by atoms with Crippen molar-refractivity contribution in [2.75, 3.05) is 7.05 Å². The van der Waals surface area contributed by atoms with Crippen LogP contribution in [0, 0.1) is 24.8 Å². The molecule has 0 spiro atoms. The summed E-state index contributed by atoms with van der Waals surface area (Å²) in [6, 6.07) is 15.8. The molecule has 5 rings (SSSR count). The van der Waals surface area contributed by atoms with Gasteiger partial charge in [-0.25, -0.2) is 0 Å². The molecule has 2 aromatic heterocycles. The molecule has 0 amide bonds. The van der Waals surface area contributed by atoms with Crippen LogP contribution in [0.25, 0.3) is 38.5 Å². The van der Waals surface area contributed by atoms with E-state index in [2.05, 4.69) is 90.8 Å². The molecule has 0 aliphatic heterocycles. The Morgan fingerprint density at radius 3 is 2.20 bits per heavy atom. The van der Waals surface area contributed by atoms with Crippen molar-refractivity contribution in [3.8, 4) is 11.3 Å². The first kappa shape index (κ1) is 36.7. The number of pyridine rings is 1. The van der Waals surface area contributed by atoms with Crippen LogP contribution in [0.1, 0.15) is 111 Å². The van der Waals surface area contributed by atoms with Gasteiger partial charge in [-0.1, -0.05) is 74.3 Å². The maximum Gasteiger partial charge on any atom is 0.157 e. The van der Waals surface area contributed by atoms with Gasteiger partial charge in [0.05, 0.1) is 0 Å². The van der Waals surface area contributed by atoms with E-state index in [1.165, 1.54) is 34.9 Å². The number of fused-ring (bicyclic) bond motifs is 5. The van der Waals surface area contributed by atoms with Gasteiger partial charge >= 0.3 is 0 Å². The van der Waals surface area contributed by atoms with Crippen molar-refractivity contribution in [1.82, 2.24) is 4.98 Å². The van der Waals surface area contributed by atoms with Crippen molar-refractivity contribution in [3.05, 3.63) is 82.4 Å². The number of nitrogens with zero attached hydrogens (tertiary/aromatic N) is 2. The van der Waals surface area contributed by atoms with Crippen LogP contribution < -0.4 is 0 Å². The summed E-state index contributed by atoms with van der Waals surface area (Å²) in [5.41, 5.74) is 9.09. The quantitative estimate of drug-likeness (QED) is 0.125. The van der Waals surface area contributed by atoms with Crippen molar-refractivity contribution in [2.24, 2.45) is 11.8 Å². The number of furan rings is 1. The summed E-state index contributed by atoms with van der Waals surface area (Å²) in [4.78, 5) is 16.6. The molecule has 1 radical (unpaired) electrons. The fraction of sp³-hybridized carbons (Fsp3) is 0.500. The zero-order valence-electron chi connectivity index (χ0n) is 29.1. The van der Waals surface area contributed by atoms with E-state index in [0.717, 1.165) is 59.2 Å². The predicted octanol–water partition coefficient (Wildman–Crippen LogP) is 11.4. The molecule has 0 N–H and O–H groups in total. The topological polar surface area (TPSA) is 57.2 Å². The SMILES string of the molecule is CCC(CC)C(=O)/C=C(\[N-]C)C(CC)CC.Cc1cc2c(c3oc4c(-c5[c-]cccc5)nccc4c13)C(C)(C)CCC2(C)C.[Ir]. The van der Waals surface area contributed by atoms with E-state index in [4.69, 9.17) is 4.42 Å². The summed E-state index contributed by atoms with van der Waals surface area (Å²) in [7, 11) is 1.78. The zero-order valence-corrected chi connectivity index (χ0v) is 31.5. The first-order chi connectivity index (χ1) is 20.9. The maximum atomic E-state index is 12.0. The Kier molecular flexibility index (Phi) is 12.4. The van der Waals surface area contributed by atoms with Crippen molar-refractivity contribution in [3.63, 3.8) is 0 Å². The molecule has 4 nitrogen and oxygen atoms in total. The number of benzene rings is 2. The number of rotatable bonds is 9. The summed E-state index contributed by atoms with van der Waals surface area (Å²) in [6.45, 7) is 20.1. The number of aryl methyl sites for hydroxylation is 1. The van der Waals surface area contributed by atoms with Gasteiger partial charge in [-0.3, -0.25) is 4.79 Å². The first-order valence-corrected chi connectivity index (χ1v) is 16.6. The average molecular weight is 785 g/mol. The second kappa shape index (κ2) is 15.2. The van der Waals surface area contributed by atoms with Gasteiger partial charge in [0.15, 0.2) is 5.78 Å². The molecule has 0 unspecified atom stereocenters. The minimum atomic E-state index is 0. The van der Waals surface area contributed by atoms with E-state index in [1.807, 2.05) is 30.5 Å². The normalized spacial score (nSPS) is 15.4. The van der Waals surface area contributed by atoms with E-state index in [0.29, 0.717) is 5.92 Å². The molecule has 45 heavy (non-hydrogen) atoms. The Hall–Kier alpha value is -2.75. The second-order valence-corrected chi connectivity index (χ2v) is 13.7. The Bertz CT molecular complexity index is 1620. The second-order valence-electron chi connectivity index (χ2n) is 13.7. The zero-order chi connectivity index (χ0) is 32.2. The molecule has 5 heteroatoms. The molecule has 1 aliphatic rings. The van der Waals surface area contributed by atoms with Crippen LogP contribution in [0.5, 0.6) is 0 Å². The Morgan fingerprint density at radius 1 is 0.978 bits per heavy atom. The van der Waals surface area contributed by atoms with Gasteiger partial charge in [0.2, 0.25) is 0 Å². The van der Waals surface area contributed by atoms with Crippen molar-refractivity contribution < 1.29 is 29.3 Å². The van der Waals surface area contributed by atoms with E-state index in [-0.39, 0.29) is 42.6 Å². The summed E-state index contributed by atoms with van der Waals surface area (Å²) in [5, 5.41) is 6.65. The van der Waals surface area contributed by atoms with Crippen LogP contribution >= 0.6 is 0 Å². The Balaban J connectivity index is 0.000000282. The number of carbonyl (C=O) groups is 1. The first-order valence-electron chi connectivity index (χ1n) is 16.6. The largest absolute Gasteiger partial charge is 0.690 e. The minimum Gasteiger partial charge on any atom is -0.690 e. The molecule has 4 aromatic rings. The molecule has 0 bridgehead atoms. The minimum absolute atomic E-state index is 0. The number of carbonyl (C=O) groups excluding carboxylic acids is 1. The number of hydrogen-bond acceptors (Lipinski definition) is 3. The van der Waals surface area contributed by atoms with Gasteiger partial charge < -0.3 is 14.7 Å². The molecular formula is C40H52IrN2O2-2. The summed E-state index contributed by atoms with van der Waals surface area (Å²) in [6.07, 6.45) is 9.98. The van der Waals surface area contributed by atoms with Crippen molar-refractivity contribution >= 4 is 27.7 Å². The fourth-order valence-electron chi connectivity index (χ4n) is 6.92. The van der Waals surface area contributed by atoms with Gasteiger partial charge in [0.1, 0.15) is 11.2 Å². The monoisotopic (exact) mass is 785 g/mol. The van der Waals surface area contributed by atoms with Gasteiger partial charge in [0.25, 0.3) is 0 Å². The summed E-state index contributed by atoms with van der Waals surface area (Å²) < 4.78 is 6.66.